The third-order valence-electron chi connectivity index (χ3n) is 3.60. The molecule has 0 aromatic heterocycles. The molecule has 0 unspecified atom stereocenters. The van der Waals surface area contributed by atoms with Crippen molar-refractivity contribution in [3.05, 3.63) is 24.3 Å². The second kappa shape index (κ2) is 4.98. The Bertz CT molecular complexity index is 425. The number of nitrogen functional groups attached to an aromatic ring is 1. The molecule has 4 nitrogen and oxygen atoms in total. The Hall–Kier alpha value is -1.55. The van der Waals surface area contributed by atoms with E-state index in [1.807, 2.05) is 12.1 Å². The van der Waals surface area contributed by atoms with Crippen molar-refractivity contribution < 1.29 is 4.79 Å². The Labute approximate surface area is 108 Å². The summed E-state index contributed by atoms with van der Waals surface area (Å²) in [5, 5.41) is 2.90. The average Bonchev–Trinajstić information content (AvgIpc) is 2.62. The average molecular weight is 247 g/mol. The molecule has 3 N–H and O–H groups in total. The Morgan fingerprint density at radius 2 is 2.06 bits per heavy atom. The topological polar surface area (TPSA) is 58.4 Å². The van der Waals surface area contributed by atoms with E-state index in [0.29, 0.717) is 12.2 Å². The summed E-state index contributed by atoms with van der Waals surface area (Å²) in [6, 6.07) is 7.22. The smallest absolute Gasteiger partial charge is 0.238 e. The van der Waals surface area contributed by atoms with E-state index in [9.17, 15) is 4.79 Å². The second-order valence-corrected chi connectivity index (χ2v) is 5.51. The van der Waals surface area contributed by atoms with Crippen LogP contribution in [0.4, 0.5) is 11.4 Å². The summed E-state index contributed by atoms with van der Waals surface area (Å²) >= 11 is 0. The number of carbonyl (C=O) groups excluding carboxylic acids is 1. The Morgan fingerprint density at radius 1 is 1.39 bits per heavy atom. The number of carbonyl (C=O) groups is 1. The molecular formula is C14H21N3O. The number of nitrogens with one attached hydrogen (secondary N) is 1. The minimum absolute atomic E-state index is 0.0368. The van der Waals surface area contributed by atoms with E-state index < -0.39 is 0 Å². The predicted molar refractivity (Wildman–Crippen MR) is 74.4 cm³/mol. The van der Waals surface area contributed by atoms with Gasteiger partial charge in [-0.2, -0.15) is 0 Å². The minimum atomic E-state index is 0.0368. The van der Waals surface area contributed by atoms with Gasteiger partial charge in [0.2, 0.25) is 5.91 Å². The summed E-state index contributed by atoms with van der Waals surface area (Å²) in [7, 11) is 0. The molecule has 2 rings (SSSR count). The number of amides is 1. The molecule has 0 bridgehead atoms. The molecular weight excluding hydrogens is 226 g/mol. The van der Waals surface area contributed by atoms with E-state index >= 15 is 0 Å². The van der Waals surface area contributed by atoms with E-state index in [0.717, 1.165) is 18.7 Å². The molecule has 1 amide bonds. The first-order chi connectivity index (χ1) is 8.47. The van der Waals surface area contributed by atoms with E-state index in [1.54, 1.807) is 12.1 Å². The summed E-state index contributed by atoms with van der Waals surface area (Å²) < 4.78 is 0. The van der Waals surface area contributed by atoms with Gasteiger partial charge in [0.25, 0.3) is 0 Å². The van der Waals surface area contributed by atoms with Crippen molar-refractivity contribution in [1.29, 1.82) is 0 Å². The van der Waals surface area contributed by atoms with E-state index in [4.69, 9.17) is 5.73 Å². The number of nitrogens with zero attached hydrogens (tertiary/aromatic N) is 1. The van der Waals surface area contributed by atoms with Gasteiger partial charge in [0, 0.05) is 16.9 Å². The Morgan fingerprint density at radius 3 is 2.61 bits per heavy atom. The first-order valence-electron chi connectivity index (χ1n) is 6.38. The molecule has 1 aliphatic rings. The Balaban J connectivity index is 1.91. The normalized spacial score (nSPS) is 18.8. The van der Waals surface area contributed by atoms with Gasteiger partial charge in [-0.15, -0.1) is 0 Å². The quantitative estimate of drug-likeness (QED) is 0.804. The van der Waals surface area contributed by atoms with Crippen LogP contribution >= 0.6 is 0 Å². The van der Waals surface area contributed by atoms with Gasteiger partial charge in [-0.3, -0.25) is 9.69 Å². The van der Waals surface area contributed by atoms with Crippen molar-refractivity contribution in [1.82, 2.24) is 4.90 Å². The first kappa shape index (κ1) is 12.9. The molecule has 1 aromatic rings. The van der Waals surface area contributed by atoms with Crippen LogP contribution in [0.5, 0.6) is 0 Å². The van der Waals surface area contributed by atoms with E-state index in [2.05, 4.69) is 24.1 Å². The SMILES string of the molecule is CC1(C)CCCN1CC(=O)Nc1ccc(N)cc1. The van der Waals surface area contributed by atoms with Gasteiger partial charge in [-0.25, -0.2) is 0 Å². The molecule has 1 heterocycles. The third-order valence-corrected chi connectivity index (χ3v) is 3.60. The summed E-state index contributed by atoms with van der Waals surface area (Å²) in [6.07, 6.45) is 2.32. The molecule has 0 radical (unpaired) electrons. The van der Waals surface area contributed by atoms with Gasteiger partial charge in [-0.05, 0) is 57.5 Å². The molecule has 4 heteroatoms. The predicted octanol–water partition coefficient (Wildman–Crippen LogP) is 2.08. The maximum Gasteiger partial charge on any atom is 0.238 e. The standard InChI is InChI=1S/C14H21N3O/c1-14(2)8-3-9-17(14)10-13(18)16-12-6-4-11(15)5-7-12/h4-7H,3,8-10,15H2,1-2H3,(H,16,18). The summed E-state index contributed by atoms with van der Waals surface area (Å²) in [5.74, 6) is 0.0368. The zero-order chi connectivity index (χ0) is 13.2. The van der Waals surface area contributed by atoms with Crippen molar-refractivity contribution in [2.75, 3.05) is 24.1 Å². The fourth-order valence-corrected chi connectivity index (χ4v) is 2.40. The second-order valence-electron chi connectivity index (χ2n) is 5.51. The third kappa shape index (κ3) is 3.01. The molecule has 0 spiro atoms. The summed E-state index contributed by atoms with van der Waals surface area (Å²) in [4.78, 5) is 14.2. The number of hydrogen-bond donors (Lipinski definition) is 2. The lowest BCUT2D eigenvalue weighted by molar-refractivity contribution is -0.118. The number of anilines is 2. The van der Waals surface area contributed by atoms with Gasteiger partial charge < -0.3 is 11.1 Å². The molecule has 1 aromatic carbocycles. The van der Waals surface area contributed by atoms with Crippen molar-refractivity contribution in [3.8, 4) is 0 Å². The van der Waals surface area contributed by atoms with Crippen LogP contribution in [-0.4, -0.2) is 29.4 Å². The highest BCUT2D eigenvalue weighted by molar-refractivity contribution is 5.92. The zero-order valence-corrected chi connectivity index (χ0v) is 11.1. The molecule has 1 fully saturated rings. The van der Waals surface area contributed by atoms with E-state index in [-0.39, 0.29) is 11.4 Å². The minimum Gasteiger partial charge on any atom is -0.399 e. The lowest BCUT2D eigenvalue weighted by Gasteiger charge is -2.30. The van der Waals surface area contributed by atoms with Crippen LogP contribution in [0.15, 0.2) is 24.3 Å². The molecule has 0 saturated carbocycles. The highest BCUT2D eigenvalue weighted by Gasteiger charge is 2.32. The van der Waals surface area contributed by atoms with Crippen LogP contribution in [0.3, 0.4) is 0 Å². The van der Waals surface area contributed by atoms with Gasteiger partial charge >= 0.3 is 0 Å². The molecule has 0 atom stereocenters. The highest BCUT2D eigenvalue weighted by atomic mass is 16.2. The maximum absolute atomic E-state index is 12.0. The summed E-state index contributed by atoms with van der Waals surface area (Å²) in [5.41, 5.74) is 7.24. The summed E-state index contributed by atoms with van der Waals surface area (Å²) in [6.45, 7) is 5.84. The highest BCUT2D eigenvalue weighted by Crippen LogP contribution is 2.27. The van der Waals surface area contributed by atoms with Crippen LogP contribution in [0, 0.1) is 0 Å². The van der Waals surface area contributed by atoms with Crippen LogP contribution in [0.1, 0.15) is 26.7 Å². The van der Waals surface area contributed by atoms with Crippen LogP contribution in [0.2, 0.25) is 0 Å². The van der Waals surface area contributed by atoms with Crippen LogP contribution in [-0.2, 0) is 4.79 Å². The fourth-order valence-electron chi connectivity index (χ4n) is 2.40. The molecule has 0 aliphatic carbocycles. The van der Waals surface area contributed by atoms with Gasteiger partial charge in [0.05, 0.1) is 6.54 Å². The number of benzene rings is 1. The molecule has 18 heavy (non-hydrogen) atoms. The van der Waals surface area contributed by atoms with Crippen LogP contribution < -0.4 is 11.1 Å². The lowest BCUT2D eigenvalue weighted by Crippen LogP contribution is -2.42. The number of hydrogen-bond acceptors (Lipinski definition) is 3. The Kier molecular flexibility index (Phi) is 3.57. The maximum atomic E-state index is 12.0. The number of likely N-dealkylation sites (tertiary alicyclic amines) is 1. The van der Waals surface area contributed by atoms with Crippen molar-refractivity contribution in [2.45, 2.75) is 32.2 Å². The van der Waals surface area contributed by atoms with Crippen LogP contribution in [0.25, 0.3) is 0 Å². The molecule has 1 aliphatic heterocycles. The molecule has 1 saturated heterocycles. The largest absolute Gasteiger partial charge is 0.399 e. The van der Waals surface area contributed by atoms with Crippen molar-refractivity contribution >= 4 is 17.3 Å². The first-order valence-corrected chi connectivity index (χ1v) is 6.38. The van der Waals surface area contributed by atoms with Crippen molar-refractivity contribution in [3.63, 3.8) is 0 Å². The fraction of sp³-hybridized carbons (Fsp3) is 0.500. The lowest BCUT2D eigenvalue weighted by atomic mass is 10.0. The van der Waals surface area contributed by atoms with Gasteiger partial charge in [-0.1, -0.05) is 0 Å². The van der Waals surface area contributed by atoms with Crippen molar-refractivity contribution in [2.24, 2.45) is 0 Å². The molecule has 98 valence electrons. The number of nitrogens with two attached hydrogens (primary N) is 1. The number of rotatable bonds is 3. The zero-order valence-electron chi connectivity index (χ0n) is 11.1. The van der Waals surface area contributed by atoms with Gasteiger partial charge in [0.1, 0.15) is 0 Å². The van der Waals surface area contributed by atoms with Gasteiger partial charge in [0.15, 0.2) is 0 Å². The monoisotopic (exact) mass is 247 g/mol. The van der Waals surface area contributed by atoms with E-state index in [1.165, 1.54) is 6.42 Å².